The van der Waals surface area contributed by atoms with E-state index in [1.54, 1.807) is 4.90 Å². The molecule has 2 fully saturated rings. The summed E-state index contributed by atoms with van der Waals surface area (Å²) in [6.45, 7) is 1.40. The van der Waals surface area contributed by atoms with Gasteiger partial charge < -0.3 is 15.7 Å². The normalized spacial score (nSPS) is 24.9. The van der Waals surface area contributed by atoms with Crippen molar-refractivity contribution >= 4 is 11.8 Å². The van der Waals surface area contributed by atoms with Gasteiger partial charge in [0.1, 0.15) is 0 Å². The lowest BCUT2D eigenvalue weighted by Crippen LogP contribution is -2.63. The van der Waals surface area contributed by atoms with Crippen LogP contribution in [0.15, 0.2) is 30.3 Å². The first-order valence-electron chi connectivity index (χ1n) is 10.1. The van der Waals surface area contributed by atoms with Crippen LogP contribution in [0.1, 0.15) is 50.5 Å². The second kappa shape index (κ2) is 8.40. The van der Waals surface area contributed by atoms with E-state index >= 15 is 0 Å². The van der Waals surface area contributed by atoms with E-state index in [1.165, 1.54) is 5.56 Å². The first-order valence-corrected chi connectivity index (χ1v) is 10.1. The highest BCUT2D eigenvalue weighted by Crippen LogP contribution is 2.31. The van der Waals surface area contributed by atoms with Gasteiger partial charge in [-0.3, -0.25) is 14.9 Å². The molecule has 0 spiro atoms. The van der Waals surface area contributed by atoms with Gasteiger partial charge in [0, 0.05) is 19.6 Å². The molecular formula is C21H31N3O3. The van der Waals surface area contributed by atoms with Crippen molar-refractivity contribution in [3.05, 3.63) is 35.9 Å². The van der Waals surface area contributed by atoms with Gasteiger partial charge in [-0.05, 0) is 44.1 Å². The number of likely N-dealkylation sites (tertiary alicyclic amines) is 1. The lowest BCUT2D eigenvalue weighted by atomic mass is 9.89. The van der Waals surface area contributed by atoms with Crippen LogP contribution in [0.5, 0.6) is 0 Å². The van der Waals surface area contributed by atoms with E-state index in [2.05, 4.69) is 17.4 Å². The summed E-state index contributed by atoms with van der Waals surface area (Å²) < 4.78 is 0. The van der Waals surface area contributed by atoms with E-state index in [0.717, 1.165) is 32.1 Å². The van der Waals surface area contributed by atoms with Gasteiger partial charge in [0.2, 0.25) is 5.91 Å². The van der Waals surface area contributed by atoms with E-state index in [-0.39, 0.29) is 18.4 Å². The Morgan fingerprint density at radius 1 is 1.15 bits per heavy atom. The number of rotatable bonds is 8. The third-order valence-corrected chi connectivity index (χ3v) is 6.09. The van der Waals surface area contributed by atoms with Gasteiger partial charge in [-0.2, -0.15) is 0 Å². The molecule has 0 aromatic heterocycles. The predicted molar refractivity (Wildman–Crippen MR) is 104 cm³/mol. The number of carbonyl (C=O) groups is 2. The maximum absolute atomic E-state index is 12.9. The van der Waals surface area contributed by atoms with Gasteiger partial charge in [0.05, 0.1) is 5.54 Å². The minimum absolute atomic E-state index is 0.0873. The summed E-state index contributed by atoms with van der Waals surface area (Å²) in [6.07, 6.45) is 6.18. The zero-order valence-electron chi connectivity index (χ0n) is 16.0. The summed E-state index contributed by atoms with van der Waals surface area (Å²) in [4.78, 5) is 26.6. The van der Waals surface area contributed by atoms with E-state index in [9.17, 15) is 14.7 Å². The molecule has 4 N–H and O–H groups in total. The van der Waals surface area contributed by atoms with Gasteiger partial charge >= 0.3 is 0 Å². The highest BCUT2D eigenvalue weighted by Gasteiger charge is 2.46. The smallest absolute Gasteiger partial charge is 0.255 e. The number of nitrogens with zero attached hydrogens (tertiary/aromatic N) is 1. The molecule has 1 saturated carbocycles. The number of piperidine rings is 1. The quantitative estimate of drug-likeness (QED) is 0.641. The summed E-state index contributed by atoms with van der Waals surface area (Å²) in [7, 11) is 0. The second-order valence-corrected chi connectivity index (χ2v) is 8.02. The average Bonchev–Trinajstić information content (AvgIpc) is 3.15. The number of nitrogens with two attached hydrogens (primary N) is 1. The molecule has 27 heavy (non-hydrogen) atoms. The molecular weight excluding hydrogens is 342 g/mol. The molecule has 1 aliphatic carbocycles. The van der Waals surface area contributed by atoms with Crippen LogP contribution in [0, 0.1) is 0 Å². The number of β-amino-alcohol motifs (C(OH)–C–C–N with tert-alkyl or cyclic N) is 1. The Bertz CT molecular complexity index is 658. The molecule has 1 aromatic rings. The van der Waals surface area contributed by atoms with Crippen molar-refractivity contribution < 1.29 is 14.7 Å². The van der Waals surface area contributed by atoms with Gasteiger partial charge in [0.15, 0.2) is 5.60 Å². The van der Waals surface area contributed by atoms with Crippen LogP contribution in [0.3, 0.4) is 0 Å². The molecule has 3 rings (SSSR count). The fourth-order valence-electron chi connectivity index (χ4n) is 4.37. The first kappa shape index (κ1) is 19.8. The molecule has 2 aliphatic rings. The van der Waals surface area contributed by atoms with Crippen molar-refractivity contribution in [2.45, 2.75) is 62.5 Å². The van der Waals surface area contributed by atoms with Gasteiger partial charge in [-0.1, -0.05) is 43.2 Å². The number of hydrogen-bond acceptors (Lipinski definition) is 4. The molecule has 0 unspecified atom stereocenters. The summed E-state index contributed by atoms with van der Waals surface area (Å²) in [6, 6.07) is 10.2. The van der Waals surface area contributed by atoms with Crippen LogP contribution in [-0.2, 0) is 16.0 Å². The standard InChI is InChI=1S/C21H31N3O3/c22-18(25)20(11-4-5-12-20)23-16-21(27)13-7-15-24(19(21)26)14-6-10-17-8-2-1-3-9-17/h1-3,8-9,23,27H,4-7,10-16H2,(H2,22,25)/t21-/m0/s1. The van der Waals surface area contributed by atoms with Crippen LogP contribution in [0.4, 0.5) is 0 Å². The zero-order valence-corrected chi connectivity index (χ0v) is 16.0. The summed E-state index contributed by atoms with van der Waals surface area (Å²) in [5, 5.41) is 14.1. The largest absolute Gasteiger partial charge is 0.379 e. The molecule has 1 aliphatic heterocycles. The molecule has 0 radical (unpaired) electrons. The number of primary amides is 1. The lowest BCUT2D eigenvalue weighted by Gasteiger charge is -2.40. The van der Waals surface area contributed by atoms with E-state index in [0.29, 0.717) is 32.4 Å². The molecule has 1 heterocycles. The Morgan fingerprint density at radius 2 is 1.85 bits per heavy atom. The number of aliphatic hydroxyl groups is 1. The van der Waals surface area contributed by atoms with Crippen LogP contribution < -0.4 is 11.1 Å². The highest BCUT2D eigenvalue weighted by atomic mass is 16.3. The molecule has 6 heteroatoms. The Hall–Kier alpha value is -1.92. The molecule has 1 atom stereocenters. The number of aryl methyl sites for hydroxylation is 1. The van der Waals surface area contributed by atoms with E-state index in [1.807, 2.05) is 18.2 Å². The summed E-state index contributed by atoms with van der Waals surface area (Å²) >= 11 is 0. The van der Waals surface area contributed by atoms with Crippen molar-refractivity contribution in [3.63, 3.8) is 0 Å². The van der Waals surface area contributed by atoms with Gasteiger partial charge in [-0.15, -0.1) is 0 Å². The highest BCUT2D eigenvalue weighted by molar-refractivity contribution is 5.87. The first-order chi connectivity index (χ1) is 13.0. The SMILES string of the molecule is NC(=O)C1(NC[C@@]2(O)CCCN(CCCc3ccccc3)C2=O)CCCC1. The Kier molecular flexibility index (Phi) is 6.17. The number of benzene rings is 1. The van der Waals surface area contributed by atoms with Gasteiger partial charge in [0.25, 0.3) is 5.91 Å². The maximum Gasteiger partial charge on any atom is 0.255 e. The van der Waals surface area contributed by atoms with E-state index < -0.39 is 11.1 Å². The van der Waals surface area contributed by atoms with Crippen molar-refractivity contribution in [2.75, 3.05) is 19.6 Å². The minimum atomic E-state index is -1.45. The predicted octanol–water partition coefficient (Wildman–Crippen LogP) is 1.36. The summed E-state index contributed by atoms with van der Waals surface area (Å²) in [5.41, 5.74) is 4.63. The van der Waals surface area contributed by atoms with Crippen LogP contribution in [-0.4, -0.2) is 52.6 Å². The molecule has 148 valence electrons. The van der Waals surface area contributed by atoms with Crippen LogP contribution in [0.2, 0.25) is 0 Å². The molecule has 6 nitrogen and oxygen atoms in total. The molecule has 1 aromatic carbocycles. The number of hydrogen-bond donors (Lipinski definition) is 3. The monoisotopic (exact) mass is 373 g/mol. The Morgan fingerprint density at radius 3 is 2.52 bits per heavy atom. The van der Waals surface area contributed by atoms with Crippen LogP contribution in [0.25, 0.3) is 0 Å². The molecule has 2 amide bonds. The number of nitrogens with one attached hydrogen (secondary N) is 1. The van der Waals surface area contributed by atoms with Crippen molar-refractivity contribution in [3.8, 4) is 0 Å². The average molecular weight is 373 g/mol. The van der Waals surface area contributed by atoms with Crippen LogP contribution >= 0.6 is 0 Å². The van der Waals surface area contributed by atoms with Crippen molar-refractivity contribution in [1.82, 2.24) is 10.2 Å². The Balaban J connectivity index is 1.55. The lowest BCUT2D eigenvalue weighted by molar-refractivity contribution is -0.157. The summed E-state index contributed by atoms with van der Waals surface area (Å²) in [5.74, 6) is -0.612. The second-order valence-electron chi connectivity index (χ2n) is 8.02. The zero-order chi connectivity index (χ0) is 19.3. The fourth-order valence-corrected chi connectivity index (χ4v) is 4.37. The minimum Gasteiger partial charge on any atom is -0.379 e. The molecule has 1 saturated heterocycles. The topological polar surface area (TPSA) is 95.7 Å². The third-order valence-electron chi connectivity index (χ3n) is 6.09. The van der Waals surface area contributed by atoms with Crippen molar-refractivity contribution in [2.24, 2.45) is 5.73 Å². The third kappa shape index (κ3) is 4.50. The van der Waals surface area contributed by atoms with E-state index in [4.69, 9.17) is 5.73 Å². The van der Waals surface area contributed by atoms with Gasteiger partial charge in [-0.25, -0.2) is 0 Å². The Labute approximate surface area is 161 Å². The number of carbonyl (C=O) groups excluding carboxylic acids is 2. The molecule has 0 bridgehead atoms. The number of amides is 2. The van der Waals surface area contributed by atoms with Crippen molar-refractivity contribution in [1.29, 1.82) is 0 Å². The fraction of sp³-hybridized carbons (Fsp3) is 0.619. The maximum atomic E-state index is 12.9.